The zero-order valence-corrected chi connectivity index (χ0v) is 13.4. The molecule has 0 saturated carbocycles. The number of hydrogen-bond donors (Lipinski definition) is 1. The van der Waals surface area contributed by atoms with Gasteiger partial charge in [0.2, 0.25) is 0 Å². The summed E-state index contributed by atoms with van der Waals surface area (Å²) in [6, 6.07) is 11.5. The molecule has 1 fully saturated rings. The Balaban J connectivity index is 0.000000211. The van der Waals surface area contributed by atoms with Gasteiger partial charge in [0.15, 0.2) is 0 Å². The minimum absolute atomic E-state index is 0.672. The van der Waals surface area contributed by atoms with E-state index in [0.29, 0.717) is 6.04 Å². The van der Waals surface area contributed by atoms with E-state index in [-0.39, 0.29) is 0 Å². The third-order valence-electron chi connectivity index (χ3n) is 3.55. The fourth-order valence-electron chi connectivity index (χ4n) is 2.52. The maximum absolute atomic E-state index is 4.04. The van der Waals surface area contributed by atoms with Crippen molar-refractivity contribution in [2.75, 3.05) is 26.7 Å². The van der Waals surface area contributed by atoms with Crippen molar-refractivity contribution in [1.82, 2.24) is 10.2 Å². The summed E-state index contributed by atoms with van der Waals surface area (Å²) >= 11 is 0. The summed E-state index contributed by atoms with van der Waals surface area (Å²) in [5.41, 5.74) is 1.47. The molecule has 0 radical (unpaired) electrons. The van der Waals surface area contributed by atoms with Gasteiger partial charge < -0.3 is 5.32 Å². The van der Waals surface area contributed by atoms with Crippen molar-refractivity contribution >= 4 is 5.84 Å². The monoisotopic (exact) mass is 275 g/mol. The van der Waals surface area contributed by atoms with Gasteiger partial charge in [-0.1, -0.05) is 44.2 Å². The van der Waals surface area contributed by atoms with Gasteiger partial charge in [-0.25, -0.2) is 0 Å². The topological polar surface area (TPSA) is 27.6 Å². The average Bonchev–Trinajstić information content (AvgIpc) is 3.14. The zero-order valence-electron chi connectivity index (χ0n) is 13.4. The Morgan fingerprint density at radius 3 is 2.30 bits per heavy atom. The highest BCUT2D eigenvalue weighted by Crippen LogP contribution is 2.29. The molecule has 0 aromatic heterocycles. The minimum atomic E-state index is 0.672. The van der Waals surface area contributed by atoms with Gasteiger partial charge in [-0.15, -0.1) is 0 Å². The Morgan fingerprint density at radius 1 is 1.20 bits per heavy atom. The van der Waals surface area contributed by atoms with Gasteiger partial charge in [-0.05, 0) is 38.9 Å². The maximum atomic E-state index is 4.04. The van der Waals surface area contributed by atoms with E-state index in [2.05, 4.69) is 52.6 Å². The molecule has 1 aromatic rings. The van der Waals surface area contributed by atoms with Crippen LogP contribution < -0.4 is 5.32 Å². The molecule has 0 spiro atoms. The minimum Gasteiger partial charge on any atom is -0.372 e. The Labute approximate surface area is 124 Å². The van der Waals surface area contributed by atoms with Gasteiger partial charge in [0.05, 0.1) is 12.4 Å². The first-order valence-corrected chi connectivity index (χ1v) is 7.77. The summed E-state index contributed by atoms with van der Waals surface area (Å²) in [7, 11) is 2.21. The second-order valence-electron chi connectivity index (χ2n) is 4.94. The van der Waals surface area contributed by atoms with E-state index in [0.717, 1.165) is 18.9 Å². The highest BCUT2D eigenvalue weighted by molar-refractivity contribution is 5.80. The molecule has 1 atom stereocenters. The maximum Gasteiger partial charge on any atom is 0.0933 e. The van der Waals surface area contributed by atoms with Crippen LogP contribution in [0, 0.1) is 0 Å². The molecule has 2 aliphatic heterocycles. The van der Waals surface area contributed by atoms with Crippen LogP contribution in [0.5, 0.6) is 0 Å². The molecule has 1 saturated heterocycles. The molecule has 1 unspecified atom stereocenters. The first-order chi connectivity index (χ1) is 9.77. The Morgan fingerprint density at radius 2 is 1.90 bits per heavy atom. The number of likely N-dealkylation sites (tertiary alicyclic amines) is 1. The SMILES string of the molecule is CC.CC1=NCCN1.CN1CCCC1c1ccccc1. The fourth-order valence-corrected chi connectivity index (χ4v) is 2.52. The summed E-state index contributed by atoms with van der Waals surface area (Å²) in [6.45, 7) is 9.23. The lowest BCUT2D eigenvalue weighted by Gasteiger charge is -2.19. The van der Waals surface area contributed by atoms with Crippen LogP contribution >= 0.6 is 0 Å². The summed E-state index contributed by atoms with van der Waals surface area (Å²) in [5.74, 6) is 1.08. The highest BCUT2D eigenvalue weighted by atomic mass is 15.1. The van der Waals surface area contributed by atoms with Crippen molar-refractivity contribution in [3.63, 3.8) is 0 Å². The van der Waals surface area contributed by atoms with Gasteiger partial charge in [0, 0.05) is 12.6 Å². The number of rotatable bonds is 1. The van der Waals surface area contributed by atoms with Crippen LogP contribution in [0.1, 0.15) is 45.2 Å². The smallest absolute Gasteiger partial charge is 0.0933 e. The van der Waals surface area contributed by atoms with Gasteiger partial charge in [-0.3, -0.25) is 9.89 Å². The second kappa shape index (κ2) is 9.54. The Kier molecular flexibility index (Phi) is 7.97. The predicted octanol–water partition coefficient (Wildman–Crippen LogP) is 3.49. The van der Waals surface area contributed by atoms with Crippen molar-refractivity contribution in [2.45, 2.75) is 39.7 Å². The van der Waals surface area contributed by atoms with E-state index in [1.807, 2.05) is 20.8 Å². The van der Waals surface area contributed by atoms with E-state index in [4.69, 9.17) is 0 Å². The van der Waals surface area contributed by atoms with Gasteiger partial charge in [-0.2, -0.15) is 0 Å². The summed E-state index contributed by atoms with van der Waals surface area (Å²) in [4.78, 5) is 6.48. The summed E-state index contributed by atoms with van der Waals surface area (Å²) in [6.07, 6.45) is 2.66. The number of nitrogens with zero attached hydrogens (tertiary/aromatic N) is 2. The van der Waals surface area contributed by atoms with Crippen LogP contribution in [0.15, 0.2) is 35.3 Å². The molecule has 0 bridgehead atoms. The number of aliphatic imine (C=N–C) groups is 1. The molecule has 3 heteroatoms. The van der Waals surface area contributed by atoms with Crippen LogP contribution in [-0.2, 0) is 0 Å². The molecule has 1 aromatic carbocycles. The van der Waals surface area contributed by atoms with Crippen LogP contribution in [0.3, 0.4) is 0 Å². The largest absolute Gasteiger partial charge is 0.372 e. The number of benzene rings is 1. The van der Waals surface area contributed by atoms with Crippen molar-refractivity contribution in [2.24, 2.45) is 4.99 Å². The normalized spacial score (nSPS) is 21.0. The van der Waals surface area contributed by atoms with Crippen LogP contribution in [0.25, 0.3) is 0 Å². The second-order valence-corrected chi connectivity index (χ2v) is 4.94. The van der Waals surface area contributed by atoms with Crippen molar-refractivity contribution < 1.29 is 0 Å². The molecule has 3 nitrogen and oxygen atoms in total. The third kappa shape index (κ3) is 5.33. The lowest BCUT2D eigenvalue weighted by molar-refractivity contribution is 0.317. The van der Waals surface area contributed by atoms with Gasteiger partial charge >= 0.3 is 0 Å². The van der Waals surface area contributed by atoms with E-state index in [9.17, 15) is 0 Å². The molecule has 112 valence electrons. The molecule has 0 aliphatic carbocycles. The number of amidine groups is 1. The lowest BCUT2D eigenvalue weighted by Crippen LogP contribution is -2.17. The summed E-state index contributed by atoms with van der Waals surface area (Å²) < 4.78 is 0. The number of nitrogens with one attached hydrogen (secondary N) is 1. The first-order valence-electron chi connectivity index (χ1n) is 7.77. The van der Waals surface area contributed by atoms with Crippen molar-refractivity contribution in [1.29, 1.82) is 0 Å². The third-order valence-corrected chi connectivity index (χ3v) is 3.55. The van der Waals surface area contributed by atoms with Crippen molar-refractivity contribution in [3.8, 4) is 0 Å². The quantitative estimate of drug-likeness (QED) is 0.849. The highest BCUT2D eigenvalue weighted by Gasteiger charge is 2.21. The van der Waals surface area contributed by atoms with Gasteiger partial charge in [0.1, 0.15) is 0 Å². The van der Waals surface area contributed by atoms with Crippen LogP contribution in [-0.4, -0.2) is 37.4 Å². The van der Waals surface area contributed by atoms with E-state index in [1.165, 1.54) is 24.9 Å². The molecule has 3 rings (SSSR count). The van der Waals surface area contributed by atoms with E-state index < -0.39 is 0 Å². The predicted molar refractivity (Wildman–Crippen MR) is 88.4 cm³/mol. The molecule has 2 aliphatic rings. The molecular weight excluding hydrogens is 246 g/mol. The molecular formula is C17H29N3. The Hall–Kier alpha value is -1.35. The molecule has 2 heterocycles. The lowest BCUT2D eigenvalue weighted by atomic mass is 10.1. The molecule has 20 heavy (non-hydrogen) atoms. The molecule has 1 N–H and O–H groups in total. The average molecular weight is 275 g/mol. The zero-order chi connectivity index (χ0) is 14.8. The van der Waals surface area contributed by atoms with Crippen LogP contribution in [0.4, 0.5) is 0 Å². The standard InChI is InChI=1S/C11H15N.C4H8N2.C2H6/c1-12-9-5-8-11(12)10-6-3-2-4-7-10;1-4-5-2-3-6-4;1-2/h2-4,6-7,11H,5,8-9H2,1H3;2-3H2,1H3,(H,5,6);1-2H3. The first kappa shape index (κ1) is 16.7. The number of hydrogen-bond acceptors (Lipinski definition) is 3. The Bertz CT molecular complexity index is 386. The van der Waals surface area contributed by atoms with E-state index >= 15 is 0 Å². The van der Waals surface area contributed by atoms with Crippen molar-refractivity contribution in [3.05, 3.63) is 35.9 Å². The van der Waals surface area contributed by atoms with E-state index in [1.54, 1.807) is 0 Å². The van der Waals surface area contributed by atoms with Crippen LogP contribution in [0.2, 0.25) is 0 Å². The van der Waals surface area contributed by atoms with Gasteiger partial charge in [0.25, 0.3) is 0 Å². The molecule has 0 amide bonds. The summed E-state index contributed by atoms with van der Waals surface area (Å²) in [5, 5.41) is 3.07. The fraction of sp³-hybridized carbons (Fsp3) is 0.588.